The van der Waals surface area contributed by atoms with E-state index in [1.54, 1.807) is 0 Å². The number of rotatable bonds is 4. The largest absolute Gasteiger partial charge is 0.0616 e. The summed E-state index contributed by atoms with van der Waals surface area (Å²) in [6.07, 6.45) is 0. The molecule has 0 aliphatic carbocycles. The van der Waals surface area contributed by atoms with Gasteiger partial charge in [0.15, 0.2) is 0 Å². The van der Waals surface area contributed by atoms with Crippen LogP contribution in [0.5, 0.6) is 0 Å². The van der Waals surface area contributed by atoms with Crippen LogP contribution < -0.4 is 0 Å². The molecule has 9 aromatic carbocycles. The van der Waals surface area contributed by atoms with E-state index >= 15 is 0 Å². The lowest BCUT2D eigenvalue weighted by Gasteiger charge is -2.14. The zero-order valence-electron chi connectivity index (χ0n) is 25.3. The topological polar surface area (TPSA) is 0 Å². The van der Waals surface area contributed by atoms with Crippen molar-refractivity contribution in [1.82, 2.24) is 0 Å². The minimum Gasteiger partial charge on any atom is -0.0616 e. The first kappa shape index (κ1) is 26.4. The second-order valence-corrected chi connectivity index (χ2v) is 12.2. The predicted octanol–water partition coefficient (Wildman–Crippen LogP) is 13.0. The Morgan fingerprint density at radius 2 is 0.609 bits per heavy atom. The van der Waals surface area contributed by atoms with E-state index in [2.05, 4.69) is 182 Å². The van der Waals surface area contributed by atoms with Crippen molar-refractivity contribution in [1.29, 1.82) is 0 Å². The fourth-order valence-corrected chi connectivity index (χ4v) is 7.10. The van der Waals surface area contributed by atoms with Gasteiger partial charge < -0.3 is 0 Å². The van der Waals surface area contributed by atoms with Crippen molar-refractivity contribution >= 4 is 43.1 Å². The predicted molar refractivity (Wildman–Crippen MR) is 198 cm³/mol. The second-order valence-electron chi connectivity index (χ2n) is 12.2. The Morgan fingerprint density at radius 3 is 1.28 bits per heavy atom. The molecule has 0 heteroatoms. The molecule has 0 saturated heterocycles. The zero-order chi connectivity index (χ0) is 30.5. The Hall–Kier alpha value is -5.98. The molecule has 0 aliphatic heterocycles. The van der Waals surface area contributed by atoms with Crippen molar-refractivity contribution in [2.45, 2.75) is 0 Å². The Kier molecular flexibility index (Phi) is 6.25. The Bertz CT molecular complexity index is 2580. The van der Waals surface area contributed by atoms with Gasteiger partial charge in [0.2, 0.25) is 0 Å². The van der Waals surface area contributed by atoms with Gasteiger partial charge in [-0.05, 0) is 112 Å². The maximum atomic E-state index is 2.34. The summed E-state index contributed by atoms with van der Waals surface area (Å²) in [6, 6.07) is 66.6. The molecule has 0 saturated carbocycles. The van der Waals surface area contributed by atoms with Gasteiger partial charge in [-0.2, -0.15) is 0 Å². The summed E-state index contributed by atoms with van der Waals surface area (Å²) in [5.74, 6) is 0. The molecule has 0 aromatic heterocycles. The average molecular weight is 583 g/mol. The van der Waals surface area contributed by atoms with Crippen LogP contribution in [0.4, 0.5) is 0 Å². The third-order valence-corrected chi connectivity index (χ3v) is 9.43. The molecule has 46 heavy (non-hydrogen) atoms. The number of benzene rings is 9. The Morgan fingerprint density at radius 1 is 0.196 bits per heavy atom. The average Bonchev–Trinajstić information content (AvgIpc) is 3.13. The lowest BCUT2D eigenvalue weighted by molar-refractivity contribution is 1.61. The summed E-state index contributed by atoms with van der Waals surface area (Å²) < 4.78 is 0. The molecule has 214 valence electrons. The molecule has 0 fully saturated rings. The minimum absolute atomic E-state index is 1.23. The van der Waals surface area contributed by atoms with Crippen LogP contribution in [0, 0.1) is 0 Å². The van der Waals surface area contributed by atoms with Crippen molar-refractivity contribution in [2.24, 2.45) is 0 Å². The SMILES string of the molecule is c1cc(-c2cccc3ccccc23)cc(-c2ccc(-c3ccc4cc(-c5ccc6ccccc6c5)ccc4c3)c3ccccc23)c1. The van der Waals surface area contributed by atoms with Gasteiger partial charge in [-0.15, -0.1) is 0 Å². The van der Waals surface area contributed by atoms with E-state index in [9.17, 15) is 0 Å². The lowest BCUT2D eigenvalue weighted by atomic mass is 9.89. The van der Waals surface area contributed by atoms with Crippen molar-refractivity contribution in [3.05, 3.63) is 182 Å². The second kappa shape index (κ2) is 10.9. The third kappa shape index (κ3) is 4.55. The first-order valence-electron chi connectivity index (χ1n) is 15.9. The summed E-state index contributed by atoms with van der Waals surface area (Å²) >= 11 is 0. The summed E-state index contributed by atoms with van der Waals surface area (Å²) in [5.41, 5.74) is 9.96. The molecule has 9 rings (SSSR count). The molecule has 9 aromatic rings. The number of hydrogen-bond donors (Lipinski definition) is 0. The highest BCUT2D eigenvalue weighted by atomic mass is 14.2. The molecule has 0 aliphatic rings. The maximum absolute atomic E-state index is 2.34. The van der Waals surface area contributed by atoms with E-state index in [1.165, 1.54) is 87.6 Å². The van der Waals surface area contributed by atoms with E-state index in [4.69, 9.17) is 0 Å². The molecule has 0 radical (unpaired) electrons. The van der Waals surface area contributed by atoms with E-state index in [1.807, 2.05) is 0 Å². The molecule has 0 unspecified atom stereocenters. The van der Waals surface area contributed by atoms with Gasteiger partial charge in [0.1, 0.15) is 0 Å². The van der Waals surface area contributed by atoms with Crippen LogP contribution in [-0.2, 0) is 0 Å². The lowest BCUT2D eigenvalue weighted by Crippen LogP contribution is -1.88. The maximum Gasteiger partial charge on any atom is -0.00992 e. The van der Waals surface area contributed by atoms with Crippen molar-refractivity contribution in [3.63, 3.8) is 0 Å². The van der Waals surface area contributed by atoms with Crippen molar-refractivity contribution in [3.8, 4) is 44.5 Å². The zero-order valence-corrected chi connectivity index (χ0v) is 25.3. The van der Waals surface area contributed by atoms with Crippen LogP contribution in [0.1, 0.15) is 0 Å². The summed E-state index contributed by atoms with van der Waals surface area (Å²) in [5, 5.41) is 10.1. The molecule has 0 amide bonds. The minimum atomic E-state index is 1.23. The molecular weight excluding hydrogens is 553 g/mol. The fourth-order valence-electron chi connectivity index (χ4n) is 7.10. The van der Waals surface area contributed by atoms with E-state index < -0.39 is 0 Å². The van der Waals surface area contributed by atoms with Gasteiger partial charge in [0.05, 0.1) is 0 Å². The number of fused-ring (bicyclic) bond motifs is 4. The summed E-state index contributed by atoms with van der Waals surface area (Å²) in [6.45, 7) is 0. The van der Waals surface area contributed by atoms with Gasteiger partial charge in [-0.1, -0.05) is 158 Å². The monoisotopic (exact) mass is 582 g/mol. The normalized spacial score (nSPS) is 11.5. The van der Waals surface area contributed by atoms with Crippen LogP contribution in [0.25, 0.3) is 87.6 Å². The highest BCUT2D eigenvalue weighted by molar-refractivity contribution is 6.07. The van der Waals surface area contributed by atoms with Crippen LogP contribution >= 0.6 is 0 Å². The van der Waals surface area contributed by atoms with Gasteiger partial charge in [0, 0.05) is 0 Å². The smallest absolute Gasteiger partial charge is 0.00992 e. The highest BCUT2D eigenvalue weighted by Gasteiger charge is 2.12. The summed E-state index contributed by atoms with van der Waals surface area (Å²) in [4.78, 5) is 0. The molecular formula is C46H30. The van der Waals surface area contributed by atoms with Crippen LogP contribution in [0.3, 0.4) is 0 Å². The Balaban J connectivity index is 1.11. The third-order valence-electron chi connectivity index (χ3n) is 9.43. The molecule has 0 N–H and O–H groups in total. The van der Waals surface area contributed by atoms with Gasteiger partial charge in [-0.3, -0.25) is 0 Å². The first-order chi connectivity index (χ1) is 22.8. The molecule has 0 atom stereocenters. The summed E-state index contributed by atoms with van der Waals surface area (Å²) in [7, 11) is 0. The van der Waals surface area contributed by atoms with Crippen molar-refractivity contribution < 1.29 is 0 Å². The molecule has 0 bridgehead atoms. The molecule has 0 heterocycles. The van der Waals surface area contributed by atoms with Gasteiger partial charge >= 0.3 is 0 Å². The van der Waals surface area contributed by atoms with Crippen molar-refractivity contribution in [2.75, 3.05) is 0 Å². The quantitative estimate of drug-likeness (QED) is 0.194. The van der Waals surface area contributed by atoms with E-state index in [-0.39, 0.29) is 0 Å². The number of hydrogen-bond acceptors (Lipinski definition) is 0. The van der Waals surface area contributed by atoms with E-state index in [0.717, 1.165) is 0 Å². The first-order valence-corrected chi connectivity index (χ1v) is 15.9. The molecule has 0 spiro atoms. The van der Waals surface area contributed by atoms with Crippen LogP contribution in [0.15, 0.2) is 182 Å². The van der Waals surface area contributed by atoms with Gasteiger partial charge in [-0.25, -0.2) is 0 Å². The highest BCUT2D eigenvalue weighted by Crippen LogP contribution is 2.39. The Labute approximate surface area is 268 Å². The molecule has 0 nitrogen and oxygen atoms in total. The fraction of sp³-hybridized carbons (Fsp3) is 0. The van der Waals surface area contributed by atoms with Crippen LogP contribution in [0.2, 0.25) is 0 Å². The standard InChI is InChI=1S/C46H30/c1-2-11-33-27-34(20-19-31(33)9-1)35-21-22-37-29-40(24-23-36(37)28-35)44-26-25-43(45-16-5-6-17-46(44)45)39-14-7-13-38(30-39)42-18-8-12-32-10-3-4-15-41(32)42/h1-30H. The van der Waals surface area contributed by atoms with E-state index in [0.29, 0.717) is 0 Å². The van der Waals surface area contributed by atoms with Crippen LogP contribution in [-0.4, -0.2) is 0 Å². The van der Waals surface area contributed by atoms with Gasteiger partial charge in [0.25, 0.3) is 0 Å².